The maximum absolute atomic E-state index is 12.9. The molecule has 0 saturated carbocycles. The Morgan fingerprint density at radius 1 is 1.21 bits per heavy atom. The Balaban J connectivity index is 1.64. The third-order valence-corrected chi connectivity index (χ3v) is 6.37. The summed E-state index contributed by atoms with van der Waals surface area (Å²) < 4.78 is 11.6. The van der Waals surface area contributed by atoms with Gasteiger partial charge in [0, 0.05) is 18.1 Å². The molecule has 0 aliphatic carbocycles. The maximum Gasteiger partial charge on any atom is 0.257 e. The highest BCUT2D eigenvalue weighted by Gasteiger charge is 2.31. The first kappa shape index (κ1) is 22.7. The number of aromatic nitrogens is 2. The van der Waals surface area contributed by atoms with Crippen LogP contribution < -0.4 is 20.3 Å². The van der Waals surface area contributed by atoms with Crippen molar-refractivity contribution in [2.45, 2.75) is 31.0 Å². The molecule has 0 saturated heterocycles. The smallest absolute Gasteiger partial charge is 0.257 e. The van der Waals surface area contributed by atoms with Gasteiger partial charge in [0.2, 0.25) is 5.91 Å². The van der Waals surface area contributed by atoms with Crippen LogP contribution in [0.25, 0.3) is 0 Å². The molecule has 0 radical (unpaired) electrons. The van der Waals surface area contributed by atoms with E-state index in [0.717, 1.165) is 16.7 Å². The first-order valence-corrected chi connectivity index (χ1v) is 11.5. The van der Waals surface area contributed by atoms with Crippen LogP contribution in [0.4, 0.5) is 5.82 Å². The third kappa shape index (κ3) is 4.96. The summed E-state index contributed by atoms with van der Waals surface area (Å²) in [6, 6.07) is 13.5. The Bertz CT molecular complexity index is 1250. The first-order chi connectivity index (χ1) is 16.0. The van der Waals surface area contributed by atoms with Crippen molar-refractivity contribution < 1.29 is 14.3 Å². The number of carbonyl (C=O) groups is 1. The molecule has 2 heterocycles. The predicted octanol–water partition coefficient (Wildman–Crippen LogP) is 4.42. The molecule has 1 amide bonds. The highest BCUT2D eigenvalue weighted by Crippen LogP contribution is 2.38. The van der Waals surface area contributed by atoms with Crippen LogP contribution in [-0.4, -0.2) is 28.7 Å². The van der Waals surface area contributed by atoms with E-state index in [1.807, 2.05) is 49.4 Å². The topological polar surface area (TPSA) is 93.3 Å². The van der Waals surface area contributed by atoms with Crippen LogP contribution in [0, 0.1) is 6.92 Å². The lowest BCUT2D eigenvalue weighted by molar-refractivity contribution is -0.116. The molecule has 4 rings (SSSR count). The van der Waals surface area contributed by atoms with Crippen molar-refractivity contribution in [2.24, 2.45) is 0 Å². The van der Waals surface area contributed by atoms with Crippen molar-refractivity contribution in [3.05, 3.63) is 87.7 Å². The molecule has 7 nitrogen and oxygen atoms in total. The number of rotatable bonds is 8. The van der Waals surface area contributed by atoms with Crippen molar-refractivity contribution in [2.75, 3.05) is 18.2 Å². The van der Waals surface area contributed by atoms with Gasteiger partial charge < -0.3 is 19.8 Å². The number of fused-ring (bicyclic) bond motifs is 1. The monoisotopic (exact) mass is 463 g/mol. The second-order valence-electron chi connectivity index (χ2n) is 7.66. The molecule has 1 atom stereocenters. The number of carbonyl (C=O) groups excluding carboxylic acids is 1. The normalized spacial score (nSPS) is 14.8. The summed E-state index contributed by atoms with van der Waals surface area (Å²) in [5.41, 5.74) is 3.19. The van der Waals surface area contributed by atoms with Crippen LogP contribution in [-0.2, 0) is 11.4 Å². The average molecular weight is 464 g/mol. The van der Waals surface area contributed by atoms with E-state index in [9.17, 15) is 9.59 Å². The van der Waals surface area contributed by atoms with Gasteiger partial charge in [-0.3, -0.25) is 9.59 Å². The fraction of sp³-hybridized carbons (Fsp3) is 0.240. The molecule has 0 spiro atoms. The number of amides is 1. The molecule has 1 aromatic heterocycles. The molecule has 33 heavy (non-hydrogen) atoms. The van der Waals surface area contributed by atoms with Gasteiger partial charge in [-0.1, -0.05) is 48.2 Å². The fourth-order valence-electron chi connectivity index (χ4n) is 3.79. The minimum atomic E-state index is -0.442. The number of thioether (sulfide) groups is 1. The summed E-state index contributed by atoms with van der Waals surface area (Å²) >= 11 is 1.35. The largest absolute Gasteiger partial charge is 0.493 e. The summed E-state index contributed by atoms with van der Waals surface area (Å²) in [6.45, 7) is 6.12. The number of benzene rings is 2. The van der Waals surface area contributed by atoms with Gasteiger partial charge in [0.05, 0.1) is 12.7 Å². The van der Waals surface area contributed by atoms with E-state index in [1.54, 1.807) is 13.2 Å². The lowest BCUT2D eigenvalue weighted by atomic mass is 9.86. The number of aryl methyl sites for hydroxylation is 1. The zero-order chi connectivity index (χ0) is 23.4. The van der Waals surface area contributed by atoms with Gasteiger partial charge in [-0.2, -0.15) is 0 Å². The number of nitrogens with one attached hydrogen (secondary N) is 2. The molecule has 8 heteroatoms. The molecular formula is C25H25N3O4S. The van der Waals surface area contributed by atoms with Gasteiger partial charge in [-0.25, -0.2) is 4.98 Å². The van der Waals surface area contributed by atoms with Crippen molar-refractivity contribution in [1.29, 1.82) is 0 Å². The number of aromatic amines is 1. The molecule has 3 aromatic rings. The SMILES string of the molecule is C=CCSc1nc2c(c(=O)[nH]1)C(c1ccc(OCc3ccccc3C)c(OC)c1)CC(=O)N2. The minimum absolute atomic E-state index is 0.142. The van der Waals surface area contributed by atoms with Crippen molar-refractivity contribution >= 4 is 23.5 Å². The molecule has 1 aliphatic heterocycles. The number of methoxy groups -OCH3 is 1. The van der Waals surface area contributed by atoms with E-state index < -0.39 is 5.92 Å². The van der Waals surface area contributed by atoms with E-state index in [0.29, 0.717) is 40.4 Å². The van der Waals surface area contributed by atoms with Gasteiger partial charge in [0.25, 0.3) is 5.56 Å². The maximum atomic E-state index is 12.9. The van der Waals surface area contributed by atoms with E-state index in [1.165, 1.54) is 11.8 Å². The van der Waals surface area contributed by atoms with Gasteiger partial charge in [0.15, 0.2) is 16.7 Å². The Kier molecular flexibility index (Phi) is 6.84. The lowest BCUT2D eigenvalue weighted by Crippen LogP contribution is -2.31. The Hall–Kier alpha value is -3.52. The van der Waals surface area contributed by atoms with Gasteiger partial charge >= 0.3 is 0 Å². The molecular weight excluding hydrogens is 438 g/mol. The quantitative estimate of drug-likeness (QED) is 0.292. The average Bonchev–Trinajstić information content (AvgIpc) is 2.81. The van der Waals surface area contributed by atoms with Crippen molar-refractivity contribution in [3.63, 3.8) is 0 Å². The number of H-pyrrole nitrogens is 1. The van der Waals surface area contributed by atoms with E-state index in [2.05, 4.69) is 21.9 Å². The van der Waals surface area contributed by atoms with Crippen molar-refractivity contribution in [3.8, 4) is 11.5 Å². The Labute approximate surface area is 196 Å². The van der Waals surface area contributed by atoms with Crippen LogP contribution in [0.3, 0.4) is 0 Å². The second kappa shape index (κ2) is 9.95. The van der Waals surface area contributed by atoms with Crippen LogP contribution in [0.5, 0.6) is 11.5 Å². The lowest BCUT2D eigenvalue weighted by Gasteiger charge is -2.25. The third-order valence-electron chi connectivity index (χ3n) is 5.50. The van der Waals surface area contributed by atoms with Crippen LogP contribution in [0.2, 0.25) is 0 Å². The number of nitrogens with zero attached hydrogens (tertiary/aromatic N) is 1. The minimum Gasteiger partial charge on any atom is -0.493 e. The number of ether oxygens (including phenoxy) is 2. The molecule has 0 fully saturated rings. The number of hydrogen-bond donors (Lipinski definition) is 2. The Morgan fingerprint density at radius 2 is 2.03 bits per heavy atom. The molecule has 2 aromatic carbocycles. The summed E-state index contributed by atoms with van der Waals surface area (Å²) in [5, 5.41) is 3.18. The van der Waals surface area contributed by atoms with Crippen LogP contribution in [0.1, 0.15) is 34.6 Å². The van der Waals surface area contributed by atoms with Gasteiger partial charge in [-0.05, 0) is 35.7 Å². The first-order valence-electron chi connectivity index (χ1n) is 10.5. The van der Waals surface area contributed by atoms with Crippen LogP contribution in [0.15, 0.2) is 65.1 Å². The van der Waals surface area contributed by atoms with E-state index in [-0.39, 0.29) is 17.9 Å². The predicted molar refractivity (Wildman–Crippen MR) is 129 cm³/mol. The molecule has 0 bridgehead atoms. The Morgan fingerprint density at radius 3 is 2.79 bits per heavy atom. The highest BCUT2D eigenvalue weighted by atomic mass is 32.2. The van der Waals surface area contributed by atoms with E-state index >= 15 is 0 Å². The standard InChI is InChI=1S/C25H25N3O4S/c1-4-11-33-25-27-23-22(24(30)28-25)18(13-21(29)26-23)16-9-10-19(20(12-16)31-3)32-14-17-8-6-5-7-15(17)2/h4-10,12,18H,1,11,13-14H2,2-3H3,(H2,26,27,28,29,30). The van der Waals surface area contributed by atoms with Crippen LogP contribution >= 0.6 is 11.8 Å². The summed E-state index contributed by atoms with van der Waals surface area (Å²) in [6.07, 6.45) is 1.87. The second-order valence-corrected chi connectivity index (χ2v) is 8.67. The zero-order valence-corrected chi connectivity index (χ0v) is 19.3. The van der Waals surface area contributed by atoms with Gasteiger partial charge in [-0.15, -0.1) is 6.58 Å². The highest BCUT2D eigenvalue weighted by molar-refractivity contribution is 7.99. The van der Waals surface area contributed by atoms with E-state index in [4.69, 9.17) is 9.47 Å². The number of anilines is 1. The zero-order valence-electron chi connectivity index (χ0n) is 18.5. The van der Waals surface area contributed by atoms with Crippen molar-refractivity contribution in [1.82, 2.24) is 9.97 Å². The molecule has 2 N–H and O–H groups in total. The fourth-order valence-corrected chi connectivity index (χ4v) is 4.39. The summed E-state index contributed by atoms with van der Waals surface area (Å²) in [4.78, 5) is 32.6. The molecule has 1 unspecified atom stereocenters. The summed E-state index contributed by atoms with van der Waals surface area (Å²) in [7, 11) is 1.57. The molecule has 1 aliphatic rings. The van der Waals surface area contributed by atoms with Gasteiger partial charge in [0.1, 0.15) is 12.4 Å². The number of hydrogen-bond acceptors (Lipinski definition) is 6. The molecule has 170 valence electrons. The summed E-state index contributed by atoms with van der Waals surface area (Å²) in [5.74, 6) is 1.39.